The molecule has 1 heterocycles. The molecule has 0 amide bonds. The molecule has 0 atom stereocenters. The van der Waals surface area contributed by atoms with Crippen LogP contribution < -0.4 is 10.1 Å². The SMILES string of the molecule is COc1ccc(CNc2cccnc2C(=O)O)cc1. The summed E-state index contributed by atoms with van der Waals surface area (Å²) in [6, 6.07) is 10.9. The number of methoxy groups -OCH3 is 1. The van der Waals surface area contributed by atoms with Crippen molar-refractivity contribution in [3.63, 3.8) is 0 Å². The zero-order valence-electron chi connectivity index (χ0n) is 10.5. The predicted octanol–water partition coefficient (Wildman–Crippen LogP) is 2.40. The number of hydrogen-bond donors (Lipinski definition) is 2. The summed E-state index contributed by atoms with van der Waals surface area (Å²) in [7, 11) is 1.61. The van der Waals surface area contributed by atoms with Gasteiger partial charge in [0, 0.05) is 12.7 Å². The average Bonchev–Trinajstić information content (AvgIpc) is 2.46. The summed E-state index contributed by atoms with van der Waals surface area (Å²) < 4.78 is 5.07. The number of hydrogen-bond acceptors (Lipinski definition) is 4. The fourth-order valence-corrected chi connectivity index (χ4v) is 1.66. The van der Waals surface area contributed by atoms with Crippen LogP contribution in [0.4, 0.5) is 5.69 Å². The van der Waals surface area contributed by atoms with E-state index in [4.69, 9.17) is 9.84 Å². The Morgan fingerprint density at radius 3 is 2.68 bits per heavy atom. The van der Waals surface area contributed by atoms with Crippen LogP contribution in [-0.2, 0) is 6.54 Å². The second-order valence-electron chi connectivity index (χ2n) is 3.91. The molecule has 0 bridgehead atoms. The van der Waals surface area contributed by atoms with E-state index in [0.29, 0.717) is 12.2 Å². The van der Waals surface area contributed by atoms with Gasteiger partial charge in [-0.1, -0.05) is 12.1 Å². The Hall–Kier alpha value is -2.56. The molecule has 98 valence electrons. The van der Waals surface area contributed by atoms with Crippen LogP contribution in [0.15, 0.2) is 42.6 Å². The van der Waals surface area contributed by atoms with Gasteiger partial charge in [0.05, 0.1) is 12.8 Å². The molecule has 0 aliphatic heterocycles. The molecule has 2 aromatic rings. The summed E-state index contributed by atoms with van der Waals surface area (Å²) in [4.78, 5) is 14.8. The number of carboxylic acid groups (broad SMARTS) is 1. The minimum Gasteiger partial charge on any atom is -0.497 e. The molecule has 2 N–H and O–H groups in total. The average molecular weight is 258 g/mol. The number of pyridine rings is 1. The van der Waals surface area contributed by atoms with Crippen LogP contribution in [0, 0.1) is 0 Å². The third-order valence-corrected chi connectivity index (χ3v) is 2.65. The molecule has 0 saturated heterocycles. The molecule has 0 spiro atoms. The minimum atomic E-state index is -1.04. The summed E-state index contributed by atoms with van der Waals surface area (Å²) in [5, 5.41) is 12.1. The van der Waals surface area contributed by atoms with Gasteiger partial charge in [0.25, 0.3) is 0 Å². The lowest BCUT2D eigenvalue weighted by Gasteiger charge is -2.09. The van der Waals surface area contributed by atoms with E-state index >= 15 is 0 Å². The van der Waals surface area contributed by atoms with Crippen LogP contribution >= 0.6 is 0 Å². The van der Waals surface area contributed by atoms with Gasteiger partial charge in [0.15, 0.2) is 5.69 Å². The van der Waals surface area contributed by atoms with E-state index < -0.39 is 5.97 Å². The molecule has 0 saturated carbocycles. The second kappa shape index (κ2) is 5.86. The minimum absolute atomic E-state index is 0.0241. The monoisotopic (exact) mass is 258 g/mol. The molecule has 0 radical (unpaired) electrons. The van der Waals surface area contributed by atoms with Crippen molar-refractivity contribution in [2.75, 3.05) is 12.4 Å². The summed E-state index contributed by atoms with van der Waals surface area (Å²) >= 11 is 0. The van der Waals surface area contributed by atoms with E-state index in [0.717, 1.165) is 11.3 Å². The van der Waals surface area contributed by atoms with E-state index in [1.807, 2.05) is 24.3 Å². The first-order valence-corrected chi connectivity index (χ1v) is 5.76. The van der Waals surface area contributed by atoms with E-state index in [1.165, 1.54) is 6.20 Å². The summed E-state index contributed by atoms with van der Waals surface area (Å²) in [5.74, 6) is -0.255. The Kier molecular flexibility index (Phi) is 3.97. The van der Waals surface area contributed by atoms with Gasteiger partial charge in [-0.05, 0) is 29.8 Å². The predicted molar refractivity (Wildman–Crippen MR) is 71.5 cm³/mol. The third-order valence-electron chi connectivity index (χ3n) is 2.65. The van der Waals surface area contributed by atoms with Crippen molar-refractivity contribution in [1.29, 1.82) is 0 Å². The molecule has 5 heteroatoms. The van der Waals surface area contributed by atoms with E-state index in [2.05, 4.69) is 10.3 Å². The Bertz CT molecular complexity index is 567. The highest BCUT2D eigenvalue weighted by Crippen LogP contribution is 2.15. The van der Waals surface area contributed by atoms with E-state index in [1.54, 1.807) is 19.2 Å². The Balaban J connectivity index is 2.07. The fraction of sp³-hybridized carbons (Fsp3) is 0.143. The number of nitrogens with one attached hydrogen (secondary N) is 1. The molecule has 19 heavy (non-hydrogen) atoms. The maximum Gasteiger partial charge on any atom is 0.356 e. The first-order chi connectivity index (χ1) is 9.20. The largest absolute Gasteiger partial charge is 0.497 e. The zero-order valence-corrected chi connectivity index (χ0v) is 10.5. The molecule has 0 aliphatic carbocycles. The van der Waals surface area contributed by atoms with Crippen molar-refractivity contribution in [3.8, 4) is 5.75 Å². The Morgan fingerprint density at radius 2 is 2.05 bits per heavy atom. The molecule has 2 rings (SSSR count). The molecular formula is C14H14N2O3. The highest BCUT2D eigenvalue weighted by atomic mass is 16.5. The van der Waals surface area contributed by atoms with E-state index in [9.17, 15) is 4.79 Å². The van der Waals surface area contributed by atoms with Crippen molar-refractivity contribution in [2.45, 2.75) is 6.54 Å². The van der Waals surface area contributed by atoms with Crippen LogP contribution in [0.3, 0.4) is 0 Å². The summed E-state index contributed by atoms with van der Waals surface area (Å²) in [5.41, 5.74) is 1.56. The maximum absolute atomic E-state index is 11.0. The van der Waals surface area contributed by atoms with Gasteiger partial charge >= 0.3 is 5.97 Å². The van der Waals surface area contributed by atoms with Crippen LogP contribution in [0.25, 0.3) is 0 Å². The Labute approximate surface area is 110 Å². The number of nitrogens with zero attached hydrogens (tertiary/aromatic N) is 1. The van der Waals surface area contributed by atoms with Crippen molar-refractivity contribution >= 4 is 11.7 Å². The second-order valence-corrected chi connectivity index (χ2v) is 3.91. The zero-order chi connectivity index (χ0) is 13.7. The van der Waals surface area contributed by atoms with Gasteiger partial charge in [0.1, 0.15) is 5.75 Å². The molecule has 1 aromatic heterocycles. The standard InChI is InChI=1S/C14H14N2O3/c1-19-11-6-4-10(5-7-11)9-16-12-3-2-8-15-13(12)14(17)18/h2-8,16H,9H2,1H3,(H,17,18). The van der Waals surface area contributed by atoms with Gasteiger partial charge in [-0.15, -0.1) is 0 Å². The topological polar surface area (TPSA) is 71.5 Å². The lowest BCUT2D eigenvalue weighted by molar-refractivity contribution is 0.0691. The van der Waals surface area contributed by atoms with Gasteiger partial charge in [-0.25, -0.2) is 9.78 Å². The van der Waals surface area contributed by atoms with Crippen LogP contribution in [0.1, 0.15) is 16.1 Å². The third kappa shape index (κ3) is 3.22. The molecule has 0 fully saturated rings. The Morgan fingerprint density at radius 1 is 1.32 bits per heavy atom. The molecular weight excluding hydrogens is 244 g/mol. The lowest BCUT2D eigenvalue weighted by atomic mass is 10.2. The first kappa shape index (κ1) is 12.9. The number of benzene rings is 1. The molecule has 0 aliphatic rings. The fourth-order valence-electron chi connectivity index (χ4n) is 1.66. The number of ether oxygens (including phenoxy) is 1. The summed E-state index contributed by atoms with van der Waals surface area (Å²) in [6.07, 6.45) is 1.46. The first-order valence-electron chi connectivity index (χ1n) is 5.76. The smallest absolute Gasteiger partial charge is 0.356 e. The number of carboxylic acids is 1. The van der Waals surface area contributed by atoms with Crippen molar-refractivity contribution in [1.82, 2.24) is 4.98 Å². The normalized spacial score (nSPS) is 9.95. The lowest BCUT2D eigenvalue weighted by Crippen LogP contribution is -2.08. The van der Waals surface area contributed by atoms with Crippen LogP contribution in [-0.4, -0.2) is 23.2 Å². The van der Waals surface area contributed by atoms with Crippen molar-refractivity contribution in [3.05, 3.63) is 53.9 Å². The summed E-state index contributed by atoms with van der Waals surface area (Å²) in [6.45, 7) is 0.524. The van der Waals surface area contributed by atoms with Gasteiger partial charge < -0.3 is 15.2 Å². The van der Waals surface area contributed by atoms with Crippen molar-refractivity contribution in [2.24, 2.45) is 0 Å². The molecule has 0 unspecified atom stereocenters. The van der Waals surface area contributed by atoms with Gasteiger partial charge in [-0.2, -0.15) is 0 Å². The number of aromatic carboxylic acids is 1. The van der Waals surface area contributed by atoms with Gasteiger partial charge in [-0.3, -0.25) is 0 Å². The maximum atomic E-state index is 11.0. The van der Waals surface area contributed by atoms with E-state index in [-0.39, 0.29) is 5.69 Å². The number of carbonyl (C=O) groups is 1. The highest BCUT2D eigenvalue weighted by molar-refractivity contribution is 5.91. The van der Waals surface area contributed by atoms with Crippen molar-refractivity contribution < 1.29 is 14.6 Å². The van der Waals surface area contributed by atoms with Crippen LogP contribution in [0.2, 0.25) is 0 Å². The quantitative estimate of drug-likeness (QED) is 0.861. The highest BCUT2D eigenvalue weighted by Gasteiger charge is 2.10. The number of rotatable bonds is 5. The number of anilines is 1. The molecule has 5 nitrogen and oxygen atoms in total. The number of aromatic nitrogens is 1. The van der Waals surface area contributed by atoms with Crippen LogP contribution in [0.5, 0.6) is 5.75 Å². The molecule has 1 aromatic carbocycles. The van der Waals surface area contributed by atoms with Gasteiger partial charge in [0.2, 0.25) is 0 Å².